The van der Waals surface area contributed by atoms with E-state index in [-0.39, 0.29) is 10.9 Å². The summed E-state index contributed by atoms with van der Waals surface area (Å²) in [6.07, 6.45) is 0. The fraction of sp³-hybridized carbons (Fsp3) is 0.105. The Morgan fingerprint density at radius 2 is 1.62 bits per heavy atom. The minimum atomic E-state index is -3.66. The zero-order chi connectivity index (χ0) is 17.2. The van der Waals surface area contributed by atoms with Crippen LogP contribution in [0.4, 0.5) is 0 Å². The third-order valence-corrected chi connectivity index (χ3v) is 5.47. The molecule has 0 aliphatic carbocycles. The first-order valence-electron chi connectivity index (χ1n) is 7.51. The van der Waals surface area contributed by atoms with Crippen LogP contribution < -0.4 is 4.72 Å². The second kappa shape index (κ2) is 6.44. The van der Waals surface area contributed by atoms with Gasteiger partial charge in [-0.05, 0) is 47.5 Å². The van der Waals surface area contributed by atoms with Crippen molar-refractivity contribution in [2.24, 2.45) is 0 Å². The topological polar surface area (TPSA) is 70.0 Å². The molecule has 0 heterocycles. The number of sulfonamides is 1. The van der Waals surface area contributed by atoms with Crippen LogP contribution in [0.25, 0.3) is 10.8 Å². The van der Waals surface area contributed by atoms with Crippen molar-refractivity contribution in [1.82, 2.24) is 4.72 Å². The molecule has 0 saturated heterocycles. The van der Waals surface area contributed by atoms with Crippen molar-refractivity contribution in [2.45, 2.75) is 17.9 Å². The van der Waals surface area contributed by atoms with Crippen molar-refractivity contribution in [3.63, 3.8) is 0 Å². The van der Waals surface area contributed by atoms with E-state index in [1.165, 1.54) is 24.3 Å². The summed E-state index contributed by atoms with van der Waals surface area (Å²) in [4.78, 5) is 0.147. The molecule has 120 valence electrons. The van der Waals surface area contributed by atoms with Crippen LogP contribution in [0.3, 0.4) is 0 Å². The van der Waals surface area contributed by atoms with Gasteiger partial charge in [-0.25, -0.2) is 13.1 Å². The average Bonchev–Trinajstić information content (AvgIpc) is 2.61. The van der Waals surface area contributed by atoms with Crippen LogP contribution in [0.5, 0.6) is 0 Å². The van der Waals surface area contributed by atoms with Crippen LogP contribution in [-0.4, -0.2) is 8.42 Å². The van der Waals surface area contributed by atoms with Crippen LogP contribution in [0.2, 0.25) is 0 Å². The number of nitrogens with one attached hydrogen (secondary N) is 1. The lowest BCUT2D eigenvalue weighted by Crippen LogP contribution is -2.27. The van der Waals surface area contributed by atoms with Crippen molar-refractivity contribution in [1.29, 1.82) is 5.26 Å². The molecule has 0 fully saturated rings. The molecule has 0 radical (unpaired) electrons. The molecule has 4 nitrogen and oxygen atoms in total. The summed E-state index contributed by atoms with van der Waals surface area (Å²) in [7, 11) is -3.66. The molecule has 0 aromatic heterocycles. The Kier molecular flexibility index (Phi) is 4.34. The van der Waals surface area contributed by atoms with Crippen LogP contribution in [-0.2, 0) is 10.0 Å². The van der Waals surface area contributed by atoms with E-state index in [9.17, 15) is 8.42 Å². The molecule has 0 spiro atoms. The molecule has 3 aromatic carbocycles. The molecule has 3 rings (SSSR count). The summed E-state index contributed by atoms with van der Waals surface area (Å²) in [5, 5.41) is 10.9. The van der Waals surface area contributed by atoms with Crippen LogP contribution >= 0.6 is 0 Å². The Hall–Kier alpha value is -2.68. The number of rotatable bonds is 4. The van der Waals surface area contributed by atoms with Crippen LogP contribution in [0.1, 0.15) is 24.1 Å². The lowest BCUT2D eigenvalue weighted by molar-refractivity contribution is 0.567. The van der Waals surface area contributed by atoms with Gasteiger partial charge in [0.25, 0.3) is 0 Å². The van der Waals surface area contributed by atoms with E-state index >= 15 is 0 Å². The monoisotopic (exact) mass is 336 g/mol. The highest BCUT2D eigenvalue weighted by molar-refractivity contribution is 7.89. The van der Waals surface area contributed by atoms with E-state index < -0.39 is 10.0 Å². The van der Waals surface area contributed by atoms with Gasteiger partial charge in [-0.1, -0.05) is 42.5 Å². The summed E-state index contributed by atoms with van der Waals surface area (Å²) in [5.41, 5.74) is 1.35. The fourth-order valence-corrected chi connectivity index (χ4v) is 3.92. The Balaban J connectivity index is 1.92. The molecule has 1 atom stereocenters. The quantitative estimate of drug-likeness (QED) is 0.789. The molecular formula is C19H16N2O2S. The second-order valence-corrected chi connectivity index (χ2v) is 7.26. The lowest BCUT2D eigenvalue weighted by atomic mass is 10.0. The van der Waals surface area contributed by atoms with Crippen molar-refractivity contribution in [3.8, 4) is 6.07 Å². The highest BCUT2D eigenvalue weighted by atomic mass is 32.2. The molecule has 0 unspecified atom stereocenters. The summed E-state index contributed by atoms with van der Waals surface area (Å²) >= 11 is 0. The Morgan fingerprint density at radius 3 is 2.33 bits per heavy atom. The molecule has 0 aliphatic heterocycles. The van der Waals surface area contributed by atoms with Crippen molar-refractivity contribution >= 4 is 20.8 Å². The maximum absolute atomic E-state index is 12.6. The lowest BCUT2D eigenvalue weighted by Gasteiger charge is -2.17. The third kappa shape index (κ3) is 3.16. The molecule has 0 bridgehead atoms. The van der Waals surface area contributed by atoms with Gasteiger partial charge in [0.1, 0.15) is 0 Å². The van der Waals surface area contributed by atoms with Gasteiger partial charge in [0.05, 0.1) is 16.5 Å². The smallest absolute Gasteiger partial charge is 0.207 e. The van der Waals surface area contributed by atoms with Gasteiger partial charge in [-0.2, -0.15) is 5.26 Å². The molecule has 3 aromatic rings. The third-order valence-electron chi connectivity index (χ3n) is 3.92. The molecule has 24 heavy (non-hydrogen) atoms. The molecule has 0 saturated carbocycles. The fourth-order valence-electron chi connectivity index (χ4n) is 2.70. The standard InChI is InChI=1S/C19H16N2O2S/c1-14(18-8-4-6-16-5-2-3-7-19(16)18)21-24(22,23)17-11-9-15(13-20)10-12-17/h2-12,14,21H,1H3/t14-/m1/s1. The van der Waals surface area contributed by atoms with E-state index in [0.717, 1.165) is 16.3 Å². The van der Waals surface area contributed by atoms with Crippen molar-refractivity contribution in [3.05, 3.63) is 77.9 Å². The highest BCUT2D eigenvalue weighted by Gasteiger charge is 2.19. The zero-order valence-electron chi connectivity index (χ0n) is 13.1. The number of nitrogens with zero attached hydrogens (tertiary/aromatic N) is 1. The van der Waals surface area contributed by atoms with Gasteiger partial charge in [0.2, 0.25) is 10.0 Å². The van der Waals surface area contributed by atoms with E-state index in [0.29, 0.717) is 5.56 Å². The normalized spacial score (nSPS) is 12.7. The van der Waals surface area contributed by atoms with Crippen LogP contribution in [0.15, 0.2) is 71.6 Å². The van der Waals surface area contributed by atoms with E-state index in [4.69, 9.17) is 5.26 Å². The Labute approximate surface area is 141 Å². The van der Waals surface area contributed by atoms with E-state index in [1.807, 2.05) is 55.5 Å². The van der Waals surface area contributed by atoms with Gasteiger partial charge >= 0.3 is 0 Å². The number of hydrogen-bond acceptors (Lipinski definition) is 3. The first kappa shape index (κ1) is 16.2. The van der Waals surface area contributed by atoms with E-state index in [1.54, 1.807) is 0 Å². The maximum atomic E-state index is 12.6. The summed E-state index contributed by atoms with van der Waals surface area (Å²) < 4.78 is 27.8. The number of hydrogen-bond donors (Lipinski definition) is 1. The van der Waals surface area contributed by atoms with E-state index in [2.05, 4.69) is 4.72 Å². The minimum Gasteiger partial charge on any atom is -0.207 e. The molecule has 0 amide bonds. The number of nitriles is 1. The molecule has 0 aliphatic rings. The second-order valence-electron chi connectivity index (χ2n) is 5.55. The van der Waals surface area contributed by atoms with Gasteiger partial charge in [-0.3, -0.25) is 0 Å². The van der Waals surface area contributed by atoms with Crippen LogP contribution in [0, 0.1) is 11.3 Å². The summed E-state index contributed by atoms with van der Waals surface area (Å²) in [5.74, 6) is 0. The predicted octanol–water partition coefficient (Wildman–Crippen LogP) is 3.75. The average molecular weight is 336 g/mol. The first-order valence-corrected chi connectivity index (χ1v) is 9.00. The van der Waals surface area contributed by atoms with Crippen molar-refractivity contribution in [2.75, 3.05) is 0 Å². The van der Waals surface area contributed by atoms with Gasteiger partial charge in [0, 0.05) is 6.04 Å². The summed E-state index contributed by atoms with van der Waals surface area (Å²) in [6, 6.07) is 21.2. The van der Waals surface area contributed by atoms with Crippen molar-refractivity contribution < 1.29 is 8.42 Å². The summed E-state index contributed by atoms with van der Waals surface area (Å²) in [6.45, 7) is 1.82. The number of fused-ring (bicyclic) bond motifs is 1. The minimum absolute atomic E-state index is 0.147. The zero-order valence-corrected chi connectivity index (χ0v) is 13.9. The largest absolute Gasteiger partial charge is 0.241 e. The highest BCUT2D eigenvalue weighted by Crippen LogP contribution is 2.25. The Bertz CT molecular complexity index is 1010. The maximum Gasteiger partial charge on any atom is 0.241 e. The predicted molar refractivity (Wildman–Crippen MR) is 93.8 cm³/mol. The van der Waals surface area contributed by atoms with Gasteiger partial charge in [-0.15, -0.1) is 0 Å². The molecule has 5 heteroatoms. The Morgan fingerprint density at radius 1 is 0.958 bits per heavy atom. The molecular weight excluding hydrogens is 320 g/mol. The van der Waals surface area contributed by atoms with Gasteiger partial charge < -0.3 is 0 Å². The first-order chi connectivity index (χ1) is 11.5. The van der Waals surface area contributed by atoms with Gasteiger partial charge in [0.15, 0.2) is 0 Å². The number of benzene rings is 3. The molecule has 1 N–H and O–H groups in total. The SMILES string of the molecule is C[C@@H](NS(=O)(=O)c1ccc(C#N)cc1)c1cccc2ccccc12.